The molecule has 1 rings (SSSR count). The van der Waals surface area contributed by atoms with Crippen LogP contribution >= 0.6 is 0 Å². The first-order valence-electron chi connectivity index (χ1n) is 7.48. The van der Waals surface area contributed by atoms with E-state index in [-0.39, 0.29) is 24.1 Å². The Kier molecular flexibility index (Phi) is 6.20. The summed E-state index contributed by atoms with van der Waals surface area (Å²) in [6.45, 7) is 8.22. The summed E-state index contributed by atoms with van der Waals surface area (Å²) in [6.07, 6.45) is 4.88. The average Bonchev–Trinajstić information content (AvgIpc) is 2.90. The molecule has 0 spiro atoms. The third-order valence-corrected chi connectivity index (χ3v) is 4.05. The number of amides is 1. The van der Waals surface area contributed by atoms with Gasteiger partial charge in [0.15, 0.2) is 0 Å². The van der Waals surface area contributed by atoms with Gasteiger partial charge in [-0.05, 0) is 38.7 Å². The van der Waals surface area contributed by atoms with Gasteiger partial charge in [0.05, 0.1) is 6.04 Å². The highest BCUT2D eigenvalue weighted by Gasteiger charge is 2.26. The lowest BCUT2D eigenvalue weighted by Gasteiger charge is -2.29. The zero-order valence-corrected chi connectivity index (χ0v) is 13.0. The van der Waals surface area contributed by atoms with Crippen LogP contribution in [0.15, 0.2) is 12.3 Å². The van der Waals surface area contributed by atoms with Crippen molar-refractivity contribution in [3.63, 3.8) is 0 Å². The summed E-state index contributed by atoms with van der Waals surface area (Å²) in [5.74, 6) is -0.118. The fraction of sp³-hybridized carbons (Fsp3) is 0.733. The highest BCUT2D eigenvalue weighted by atomic mass is 16.3. The molecule has 0 fully saturated rings. The lowest BCUT2D eigenvalue weighted by atomic mass is 9.94. The van der Waals surface area contributed by atoms with Gasteiger partial charge in [0.1, 0.15) is 5.69 Å². The molecule has 0 aliphatic rings. The van der Waals surface area contributed by atoms with Crippen molar-refractivity contribution in [2.24, 2.45) is 0 Å². The molecule has 5 heteroatoms. The van der Waals surface area contributed by atoms with Gasteiger partial charge in [-0.2, -0.15) is 5.10 Å². The number of aliphatic hydroxyl groups excluding tert-OH is 1. The van der Waals surface area contributed by atoms with Gasteiger partial charge in [-0.1, -0.05) is 20.8 Å². The number of rotatable bonds is 8. The lowest BCUT2D eigenvalue weighted by molar-refractivity contribution is 0.0871. The van der Waals surface area contributed by atoms with E-state index in [1.807, 2.05) is 18.5 Å². The molecule has 0 saturated heterocycles. The molecule has 20 heavy (non-hydrogen) atoms. The second kappa shape index (κ2) is 7.43. The zero-order chi connectivity index (χ0) is 15.2. The molecular weight excluding hydrogens is 254 g/mol. The largest absolute Gasteiger partial charge is 0.396 e. The highest BCUT2D eigenvalue weighted by Crippen LogP contribution is 2.19. The van der Waals surface area contributed by atoms with Crippen LogP contribution in [0.1, 0.15) is 69.9 Å². The molecule has 1 unspecified atom stereocenters. The van der Waals surface area contributed by atoms with Gasteiger partial charge in [-0.25, -0.2) is 0 Å². The first kappa shape index (κ1) is 16.7. The summed E-state index contributed by atoms with van der Waals surface area (Å²) < 4.78 is 1.81. The molecule has 0 radical (unpaired) electrons. The van der Waals surface area contributed by atoms with Crippen LogP contribution in [0.4, 0.5) is 0 Å². The van der Waals surface area contributed by atoms with E-state index in [1.165, 1.54) is 0 Å². The fourth-order valence-corrected chi connectivity index (χ4v) is 2.33. The van der Waals surface area contributed by atoms with Crippen LogP contribution in [0.25, 0.3) is 0 Å². The normalized spacial score (nSPS) is 14.3. The van der Waals surface area contributed by atoms with Crippen molar-refractivity contribution in [3.8, 4) is 0 Å². The predicted molar refractivity (Wildman–Crippen MR) is 79.7 cm³/mol. The summed E-state index contributed by atoms with van der Waals surface area (Å²) in [6, 6.07) is 2.00. The third-order valence-electron chi connectivity index (χ3n) is 4.05. The summed E-state index contributed by atoms with van der Waals surface area (Å²) in [5.41, 5.74) is 0.214. The molecule has 0 saturated carbocycles. The lowest BCUT2D eigenvalue weighted by Crippen LogP contribution is -2.46. The van der Waals surface area contributed by atoms with Crippen LogP contribution in [0, 0.1) is 0 Å². The molecule has 1 atom stereocenters. The van der Waals surface area contributed by atoms with Crippen LogP contribution in [0.2, 0.25) is 0 Å². The van der Waals surface area contributed by atoms with E-state index in [0.717, 1.165) is 19.3 Å². The van der Waals surface area contributed by atoms with E-state index in [1.54, 1.807) is 12.3 Å². The number of carbonyl (C=O) groups excluding carboxylic acids is 1. The second-order valence-electron chi connectivity index (χ2n) is 5.47. The van der Waals surface area contributed by atoms with Crippen molar-refractivity contribution >= 4 is 5.91 Å². The van der Waals surface area contributed by atoms with Crippen LogP contribution in [0.3, 0.4) is 0 Å². The van der Waals surface area contributed by atoms with Crippen molar-refractivity contribution in [2.45, 2.75) is 65.0 Å². The van der Waals surface area contributed by atoms with Gasteiger partial charge in [0, 0.05) is 18.3 Å². The van der Waals surface area contributed by atoms with Crippen LogP contribution in [0.5, 0.6) is 0 Å². The minimum absolute atomic E-state index is 0.0659. The highest BCUT2D eigenvalue weighted by molar-refractivity contribution is 5.93. The maximum atomic E-state index is 12.5. The Morgan fingerprint density at radius 1 is 1.45 bits per heavy atom. The monoisotopic (exact) mass is 281 g/mol. The Labute approximate surface area is 121 Å². The van der Waals surface area contributed by atoms with E-state index in [2.05, 4.69) is 24.3 Å². The smallest absolute Gasteiger partial charge is 0.269 e. The molecule has 0 aliphatic heterocycles. The van der Waals surface area contributed by atoms with Crippen LogP contribution in [-0.2, 0) is 0 Å². The number of hydrogen-bond acceptors (Lipinski definition) is 3. The van der Waals surface area contributed by atoms with Gasteiger partial charge in [0.2, 0.25) is 0 Å². The Morgan fingerprint density at radius 3 is 2.60 bits per heavy atom. The van der Waals surface area contributed by atoms with Gasteiger partial charge in [0.25, 0.3) is 5.91 Å². The van der Waals surface area contributed by atoms with Crippen LogP contribution in [-0.4, -0.2) is 32.9 Å². The molecule has 0 bridgehead atoms. The van der Waals surface area contributed by atoms with Gasteiger partial charge >= 0.3 is 0 Å². The maximum Gasteiger partial charge on any atom is 0.269 e. The SMILES string of the molecule is CCC(CC)n1nccc1C(=O)NC(C)(CC)CCO. The molecule has 1 heterocycles. The first-order valence-corrected chi connectivity index (χ1v) is 7.48. The van der Waals surface area contributed by atoms with Gasteiger partial charge in [-0.3, -0.25) is 9.48 Å². The van der Waals surface area contributed by atoms with E-state index in [0.29, 0.717) is 12.1 Å². The van der Waals surface area contributed by atoms with Gasteiger partial charge < -0.3 is 10.4 Å². The van der Waals surface area contributed by atoms with Crippen molar-refractivity contribution in [3.05, 3.63) is 18.0 Å². The standard InChI is InChI=1S/C15H27N3O2/c1-5-12(6-2)18-13(8-10-16-18)14(20)17-15(4,7-3)9-11-19/h8,10,12,19H,5-7,9,11H2,1-4H3,(H,17,20). The number of aromatic nitrogens is 2. The number of nitrogens with one attached hydrogen (secondary N) is 1. The maximum absolute atomic E-state index is 12.5. The Bertz CT molecular complexity index is 427. The second-order valence-corrected chi connectivity index (χ2v) is 5.47. The molecule has 1 aromatic heterocycles. The summed E-state index contributed by atoms with van der Waals surface area (Å²) in [7, 11) is 0. The molecular formula is C15H27N3O2. The zero-order valence-electron chi connectivity index (χ0n) is 13.0. The average molecular weight is 281 g/mol. The molecule has 0 aromatic carbocycles. The van der Waals surface area contributed by atoms with Crippen molar-refractivity contribution < 1.29 is 9.90 Å². The molecule has 1 amide bonds. The minimum Gasteiger partial charge on any atom is -0.396 e. The third kappa shape index (κ3) is 3.82. The number of carbonyl (C=O) groups is 1. The topological polar surface area (TPSA) is 67.2 Å². The van der Waals surface area contributed by atoms with Crippen molar-refractivity contribution in [1.82, 2.24) is 15.1 Å². The molecule has 5 nitrogen and oxygen atoms in total. The molecule has 2 N–H and O–H groups in total. The number of nitrogens with zero attached hydrogens (tertiary/aromatic N) is 2. The Balaban J connectivity index is 2.90. The first-order chi connectivity index (χ1) is 9.51. The van der Waals surface area contributed by atoms with E-state index >= 15 is 0 Å². The minimum atomic E-state index is -0.380. The van der Waals surface area contributed by atoms with E-state index in [4.69, 9.17) is 5.11 Å². The number of hydrogen-bond donors (Lipinski definition) is 2. The Morgan fingerprint density at radius 2 is 2.10 bits per heavy atom. The predicted octanol–water partition coefficient (Wildman–Crippen LogP) is 2.53. The number of aliphatic hydroxyl groups is 1. The molecule has 1 aromatic rings. The molecule has 0 aliphatic carbocycles. The quantitative estimate of drug-likeness (QED) is 0.769. The van der Waals surface area contributed by atoms with Crippen molar-refractivity contribution in [2.75, 3.05) is 6.61 Å². The van der Waals surface area contributed by atoms with Crippen LogP contribution < -0.4 is 5.32 Å². The van der Waals surface area contributed by atoms with E-state index in [9.17, 15) is 4.79 Å². The van der Waals surface area contributed by atoms with Crippen molar-refractivity contribution in [1.29, 1.82) is 0 Å². The molecule has 114 valence electrons. The summed E-state index contributed by atoms with van der Waals surface area (Å²) in [4.78, 5) is 12.5. The Hall–Kier alpha value is -1.36. The van der Waals surface area contributed by atoms with E-state index < -0.39 is 0 Å². The van der Waals surface area contributed by atoms with Gasteiger partial charge in [-0.15, -0.1) is 0 Å². The fourth-order valence-electron chi connectivity index (χ4n) is 2.33. The summed E-state index contributed by atoms with van der Waals surface area (Å²) >= 11 is 0. The summed E-state index contributed by atoms with van der Waals surface area (Å²) in [5, 5.41) is 16.4.